The van der Waals surface area contributed by atoms with E-state index in [9.17, 15) is 9.59 Å². The molecule has 1 fully saturated rings. The summed E-state index contributed by atoms with van der Waals surface area (Å²) in [5, 5.41) is 12.2. The van der Waals surface area contributed by atoms with Crippen molar-refractivity contribution in [3.63, 3.8) is 0 Å². The first-order valence-electron chi connectivity index (χ1n) is 12.3. The van der Waals surface area contributed by atoms with Crippen LogP contribution in [-0.2, 0) is 0 Å². The summed E-state index contributed by atoms with van der Waals surface area (Å²) in [5.41, 5.74) is 16.2. The number of hydrogen-bond donors (Lipinski definition) is 3. The lowest BCUT2D eigenvalue weighted by molar-refractivity contribution is 0.100. The van der Waals surface area contributed by atoms with Crippen molar-refractivity contribution in [1.82, 2.24) is 29.4 Å². The van der Waals surface area contributed by atoms with Crippen molar-refractivity contribution >= 4 is 39.6 Å². The number of nitrogens with one attached hydrogen (secondary N) is 1. The molecule has 0 radical (unpaired) electrons. The monoisotopic (exact) mass is 527 g/mol. The second-order valence-electron chi connectivity index (χ2n) is 9.23. The third-order valence-corrected chi connectivity index (χ3v) is 7.77. The summed E-state index contributed by atoms with van der Waals surface area (Å²) in [6.45, 7) is 0. The molecular weight excluding hydrogens is 502 g/mol. The molecule has 5 aromatic rings. The van der Waals surface area contributed by atoms with Crippen LogP contribution in [0.1, 0.15) is 58.2 Å². The second-order valence-corrected chi connectivity index (χ2v) is 10.3. The van der Waals surface area contributed by atoms with Gasteiger partial charge in [0.2, 0.25) is 0 Å². The van der Waals surface area contributed by atoms with Crippen LogP contribution in [0, 0.1) is 0 Å². The summed E-state index contributed by atoms with van der Waals surface area (Å²) < 4.78 is 3.86. The van der Waals surface area contributed by atoms with E-state index in [2.05, 4.69) is 30.2 Å². The first-order chi connectivity index (χ1) is 18.5. The molecule has 0 unspecified atom stereocenters. The number of hydrogen-bond acceptors (Lipinski definition) is 8. The van der Waals surface area contributed by atoms with Crippen molar-refractivity contribution in [2.24, 2.45) is 5.73 Å². The van der Waals surface area contributed by atoms with E-state index >= 15 is 0 Å². The Labute approximate surface area is 221 Å². The first kappa shape index (κ1) is 23.8. The summed E-state index contributed by atoms with van der Waals surface area (Å²) >= 11 is 1.02. The molecule has 192 valence electrons. The van der Waals surface area contributed by atoms with Crippen molar-refractivity contribution < 1.29 is 9.59 Å². The van der Waals surface area contributed by atoms with Gasteiger partial charge in [0.05, 0.1) is 23.6 Å². The van der Waals surface area contributed by atoms with Gasteiger partial charge in [-0.2, -0.15) is 10.2 Å². The Morgan fingerprint density at radius 3 is 2.66 bits per heavy atom. The van der Waals surface area contributed by atoms with Crippen LogP contribution in [0.2, 0.25) is 0 Å². The SMILES string of the molecule is NC(=O)c1cnc(NC(=O)c2cccc(-c3cc(-c4ccnn4C4CCCCC4)c4c(N)ncnn34)c2)s1. The molecule has 12 heteroatoms. The molecule has 6 rings (SSSR count). The molecule has 2 amide bonds. The average molecular weight is 528 g/mol. The minimum absolute atomic E-state index is 0.269. The van der Waals surface area contributed by atoms with Crippen molar-refractivity contribution in [2.75, 3.05) is 11.1 Å². The van der Waals surface area contributed by atoms with Gasteiger partial charge in [-0.25, -0.2) is 14.5 Å². The molecule has 0 atom stereocenters. The van der Waals surface area contributed by atoms with Crippen LogP contribution in [0.15, 0.2) is 55.1 Å². The van der Waals surface area contributed by atoms with Crippen molar-refractivity contribution in [1.29, 1.82) is 0 Å². The topological polar surface area (TPSA) is 159 Å². The van der Waals surface area contributed by atoms with Gasteiger partial charge in [0.15, 0.2) is 10.9 Å². The number of amides is 2. The van der Waals surface area contributed by atoms with Crippen LogP contribution in [0.25, 0.3) is 28.0 Å². The van der Waals surface area contributed by atoms with Crippen molar-refractivity contribution in [2.45, 2.75) is 38.1 Å². The molecule has 1 aliphatic rings. The Kier molecular flexibility index (Phi) is 6.08. The van der Waals surface area contributed by atoms with E-state index in [0.717, 1.165) is 46.7 Å². The van der Waals surface area contributed by atoms with E-state index in [4.69, 9.17) is 11.5 Å². The van der Waals surface area contributed by atoms with E-state index in [1.807, 2.05) is 24.4 Å². The lowest BCUT2D eigenvalue weighted by Gasteiger charge is -2.23. The van der Waals surface area contributed by atoms with Gasteiger partial charge in [-0.05, 0) is 37.1 Å². The molecule has 4 heterocycles. The summed E-state index contributed by atoms with van der Waals surface area (Å²) in [5.74, 6) is -0.588. The molecule has 0 saturated heterocycles. The van der Waals surface area contributed by atoms with Crippen LogP contribution in [0.3, 0.4) is 0 Å². The van der Waals surface area contributed by atoms with Crippen LogP contribution >= 0.6 is 11.3 Å². The van der Waals surface area contributed by atoms with Gasteiger partial charge in [-0.3, -0.25) is 19.6 Å². The van der Waals surface area contributed by atoms with Crippen molar-refractivity contribution in [3.05, 3.63) is 65.6 Å². The Balaban J connectivity index is 1.39. The fraction of sp³-hybridized carbons (Fsp3) is 0.231. The number of anilines is 2. The third-order valence-electron chi connectivity index (χ3n) is 6.84. The minimum atomic E-state index is -0.591. The molecular formula is C26H25N9O2S. The fourth-order valence-electron chi connectivity index (χ4n) is 5.05. The number of nitrogens with two attached hydrogens (primary N) is 2. The quantitative estimate of drug-likeness (QED) is 0.299. The summed E-state index contributed by atoms with van der Waals surface area (Å²) in [6.07, 6.45) is 10.4. The van der Waals surface area contributed by atoms with Gasteiger partial charge in [0.25, 0.3) is 11.8 Å². The molecule has 5 N–H and O–H groups in total. The maximum atomic E-state index is 13.0. The zero-order valence-electron chi connectivity index (χ0n) is 20.4. The number of benzene rings is 1. The van der Waals surface area contributed by atoms with E-state index < -0.39 is 5.91 Å². The number of rotatable bonds is 6. The zero-order valence-corrected chi connectivity index (χ0v) is 21.2. The van der Waals surface area contributed by atoms with Gasteiger partial charge < -0.3 is 11.5 Å². The number of carbonyl (C=O) groups excluding carboxylic acids is 2. The fourth-order valence-corrected chi connectivity index (χ4v) is 5.71. The zero-order chi connectivity index (χ0) is 26.2. The van der Waals surface area contributed by atoms with Gasteiger partial charge in [-0.15, -0.1) is 0 Å². The maximum Gasteiger partial charge on any atom is 0.260 e. The highest BCUT2D eigenvalue weighted by atomic mass is 32.1. The Hall–Kier alpha value is -4.58. The summed E-state index contributed by atoms with van der Waals surface area (Å²) in [7, 11) is 0. The van der Waals surface area contributed by atoms with E-state index in [-0.39, 0.29) is 10.8 Å². The van der Waals surface area contributed by atoms with E-state index in [0.29, 0.717) is 28.1 Å². The molecule has 11 nitrogen and oxygen atoms in total. The predicted octanol–water partition coefficient (Wildman–Crippen LogP) is 4.15. The molecule has 0 aliphatic heterocycles. The molecule has 1 aromatic carbocycles. The Morgan fingerprint density at radius 1 is 1.03 bits per heavy atom. The number of thiazole rings is 1. The predicted molar refractivity (Wildman–Crippen MR) is 145 cm³/mol. The lowest BCUT2D eigenvalue weighted by atomic mass is 9.95. The highest BCUT2D eigenvalue weighted by molar-refractivity contribution is 7.17. The molecule has 1 aliphatic carbocycles. The standard InChI is InChI=1S/C26H25N9O2S/c27-23-22-18(19-9-10-31-34(19)17-7-2-1-3-8-17)12-20(35(22)32-14-30-23)15-5-4-6-16(11-15)25(37)33-26-29-13-21(38-26)24(28)36/h4-6,9-14,17H,1-3,7-8H2,(H2,28,36)(H2,27,30,32)(H,29,33,37). The van der Waals surface area contributed by atoms with Crippen molar-refractivity contribution in [3.8, 4) is 22.5 Å². The molecule has 4 aromatic heterocycles. The first-order valence-corrected chi connectivity index (χ1v) is 13.1. The van der Waals surface area contributed by atoms with Gasteiger partial charge in [0, 0.05) is 22.9 Å². The second kappa shape index (κ2) is 9.71. The molecule has 0 bridgehead atoms. The van der Waals surface area contributed by atoms with Crippen LogP contribution in [-0.4, -0.2) is 41.2 Å². The van der Waals surface area contributed by atoms with Gasteiger partial charge >= 0.3 is 0 Å². The number of aromatic nitrogens is 6. The average Bonchev–Trinajstić information content (AvgIpc) is 3.68. The molecule has 38 heavy (non-hydrogen) atoms. The summed E-state index contributed by atoms with van der Waals surface area (Å²) in [4.78, 5) is 32.9. The molecule has 1 saturated carbocycles. The van der Waals surface area contributed by atoms with Gasteiger partial charge in [-0.1, -0.05) is 42.7 Å². The van der Waals surface area contributed by atoms with E-state index in [1.54, 1.807) is 22.7 Å². The number of nitrogens with zero attached hydrogens (tertiary/aromatic N) is 6. The van der Waals surface area contributed by atoms with Crippen LogP contribution in [0.4, 0.5) is 10.9 Å². The summed E-state index contributed by atoms with van der Waals surface area (Å²) in [6, 6.07) is 11.6. The largest absolute Gasteiger partial charge is 0.382 e. The molecule has 0 spiro atoms. The highest BCUT2D eigenvalue weighted by Crippen LogP contribution is 2.38. The van der Waals surface area contributed by atoms with Gasteiger partial charge in [0.1, 0.15) is 16.7 Å². The highest BCUT2D eigenvalue weighted by Gasteiger charge is 2.24. The third kappa shape index (κ3) is 4.28. The maximum absolute atomic E-state index is 13.0. The number of primary amides is 1. The Morgan fingerprint density at radius 2 is 1.87 bits per heavy atom. The normalized spacial score (nSPS) is 14.1. The lowest BCUT2D eigenvalue weighted by Crippen LogP contribution is -2.15. The minimum Gasteiger partial charge on any atom is -0.382 e. The van der Waals surface area contributed by atoms with E-state index in [1.165, 1.54) is 31.8 Å². The smallest absolute Gasteiger partial charge is 0.260 e. The number of fused-ring (bicyclic) bond motifs is 1. The number of nitrogen functional groups attached to an aromatic ring is 1. The van der Waals surface area contributed by atoms with Crippen LogP contribution in [0.5, 0.6) is 0 Å². The number of carbonyl (C=O) groups is 2. The van der Waals surface area contributed by atoms with Crippen LogP contribution < -0.4 is 16.8 Å². The Bertz CT molecular complexity index is 1660.